The fourth-order valence-electron chi connectivity index (χ4n) is 2.59. The Kier molecular flexibility index (Phi) is 6.04. The highest BCUT2D eigenvalue weighted by molar-refractivity contribution is 7.99. The predicted molar refractivity (Wildman–Crippen MR) is 107 cm³/mol. The van der Waals surface area contributed by atoms with Crippen molar-refractivity contribution in [2.75, 3.05) is 5.75 Å². The van der Waals surface area contributed by atoms with E-state index >= 15 is 0 Å². The van der Waals surface area contributed by atoms with Crippen molar-refractivity contribution in [2.24, 2.45) is 0 Å². The van der Waals surface area contributed by atoms with Crippen LogP contribution in [0.3, 0.4) is 0 Å². The fourth-order valence-corrected chi connectivity index (χ4v) is 3.78. The van der Waals surface area contributed by atoms with Crippen molar-refractivity contribution >= 4 is 29.7 Å². The van der Waals surface area contributed by atoms with Crippen LogP contribution in [0.4, 0.5) is 9.59 Å². The molecule has 0 radical (unpaired) electrons. The van der Waals surface area contributed by atoms with Gasteiger partial charge in [-0.3, -0.25) is 4.79 Å². The third-order valence-corrected chi connectivity index (χ3v) is 5.17. The van der Waals surface area contributed by atoms with Crippen LogP contribution in [0.2, 0.25) is 0 Å². The number of hydrogen-bond acceptors (Lipinski definition) is 6. The number of fused-ring (bicyclic) bond motifs is 1. The number of hydrogen-bond donors (Lipinski definition) is 1. The summed E-state index contributed by atoms with van der Waals surface area (Å²) in [6.45, 7) is 11.9. The van der Waals surface area contributed by atoms with E-state index in [1.807, 2.05) is 12.1 Å². The summed E-state index contributed by atoms with van der Waals surface area (Å²) in [5, 5.41) is 0.956. The van der Waals surface area contributed by atoms with E-state index in [1.165, 1.54) is 11.8 Å². The summed E-state index contributed by atoms with van der Waals surface area (Å²) in [6, 6.07) is 7.19. The van der Waals surface area contributed by atoms with Gasteiger partial charge in [-0.1, -0.05) is 18.2 Å². The van der Waals surface area contributed by atoms with Gasteiger partial charge < -0.3 is 9.47 Å². The monoisotopic (exact) mass is 408 g/mol. The zero-order valence-corrected chi connectivity index (χ0v) is 18.2. The Bertz CT molecular complexity index is 782. The minimum absolute atomic E-state index is 0.262. The first-order chi connectivity index (χ1) is 12.7. The molecule has 7 nitrogen and oxygen atoms in total. The van der Waals surface area contributed by atoms with Gasteiger partial charge in [-0.05, 0) is 54.5 Å². The first kappa shape index (κ1) is 22.1. The van der Waals surface area contributed by atoms with Gasteiger partial charge in [0.2, 0.25) is 0 Å². The normalized spacial score (nSPS) is 19.5. The van der Waals surface area contributed by atoms with Crippen molar-refractivity contribution in [1.82, 2.24) is 10.4 Å². The second-order valence-electron chi connectivity index (χ2n) is 8.82. The Balaban J connectivity index is 2.39. The summed E-state index contributed by atoms with van der Waals surface area (Å²) in [5.74, 6) is -0.0125. The molecule has 0 saturated carbocycles. The van der Waals surface area contributed by atoms with Gasteiger partial charge in [-0.25, -0.2) is 20.0 Å². The Labute approximate surface area is 170 Å². The van der Waals surface area contributed by atoms with Gasteiger partial charge in [0.25, 0.3) is 0 Å². The summed E-state index contributed by atoms with van der Waals surface area (Å²) in [6.07, 6.45) is -1.66. The number of ether oxygens (including phenoxy) is 2. The van der Waals surface area contributed by atoms with E-state index in [2.05, 4.69) is 5.43 Å². The zero-order valence-electron chi connectivity index (χ0n) is 17.4. The molecule has 0 aromatic heterocycles. The highest BCUT2D eigenvalue weighted by atomic mass is 32.2. The number of benzene rings is 1. The van der Waals surface area contributed by atoms with E-state index in [9.17, 15) is 14.4 Å². The molecule has 8 heteroatoms. The summed E-state index contributed by atoms with van der Waals surface area (Å²) in [5.41, 5.74) is 0.0336. The van der Waals surface area contributed by atoms with Crippen molar-refractivity contribution < 1.29 is 23.9 Å². The molecule has 1 heterocycles. The molecule has 0 saturated heterocycles. The number of amides is 2. The van der Waals surface area contributed by atoms with Gasteiger partial charge in [0.05, 0.1) is 0 Å². The molecular formula is C20H28N2O5S. The first-order valence-electron chi connectivity index (χ1n) is 9.02. The lowest BCUT2D eigenvalue weighted by Crippen LogP contribution is -2.65. The van der Waals surface area contributed by atoms with Crippen LogP contribution in [0.15, 0.2) is 29.2 Å². The minimum Gasteiger partial charge on any atom is -0.443 e. The minimum atomic E-state index is -1.34. The molecule has 0 bridgehead atoms. The number of carbonyl (C=O) groups excluding carboxylic acids is 3. The molecule has 1 atom stereocenters. The maximum absolute atomic E-state index is 13.3. The lowest BCUT2D eigenvalue weighted by molar-refractivity contribution is -0.0198. The molecule has 1 N–H and O–H groups in total. The van der Waals surface area contributed by atoms with Crippen LogP contribution in [0.25, 0.3) is 0 Å². The summed E-state index contributed by atoms with van der Waals surface area (Å²) >= 11 is 1.44. The average Bonchev–Trinajstić information content (AvgIpc) is 2.53. The maximum atomic E-state index is 13.3. The molecule has 0 aliphatic carbocycles. The van der Waals surface area contributed by atoms with Crippen molar-refractivity contribution in [3.8, 4) is 0 Å². The summed E-state index contributed by atoms with van der Waals surface area (Å²) < 4.78 is 10.7. The van der Waals surface area contributed by atoms with Gasteiger partial charge in [0, 0.05) is 16.2 Å². The number of thioether (sulfide) groups is 1. The third kappa shape index (κ3) is 5.19. The second kappa shape index (κ2) is 7.66. The maximum Gasteiger partial charge on any atom is 0.430 e. The van der Waals surface area contributed by atoms with Crippen LogP contribution < -0.4 is 5.43 Å². The molecule has 0 spiro atoms. The van der Waals surface area contributed by atoms with Crippen LogP contribution >= 0.6 is 11.8 Å². The van der Waals surface area contributed by atoms with Gasteiger partial charge >= 0.3 is 12.2 Å². The molecule has 28 heavy (non-hydrogen) atoms. The summed E-state index contributed by atoms with van der Waals surface area (Å²) in [7, 11) is 0. The zero-order chi connectivity index (χ0) is 21.3. The number of rotatable bonds is 1. The van der Waals surface area contributed by atoms with Crippen LogP contribution in [0, 0.1) is 0 Å². The van der Waals surface area contributed by atoms with Gasteiger partial charge in [-0.15, -0.1) is 11.8 Å². The first-order valence-corrected chi connectivity index (χ1v) is 10.0. The number of carbonyl (C=O) groups is 3. The molecule has 1 aliphatic rings. The number of hydrazine groups is 1. The summed E-state index contributed by atoms with van der Waals surface area (Å²) in [4.78, 5) is 39.4. The molecule has 1 aromatic carbocycles. The van der Waals surface area contributed by atoms with E-state index in [1.54, 1.807) is 60.6 Å². The number of nitrogens with zero attached hydrogens (tertiary/aromatic N) is 1. The van der Waals surface area contributed by atoms with Gasteiger partial charge in [0.15, 0.2) is 5.78 Å². The average molecular weight is 409 g/mol. The quantitative estimate of drug-likeness (QED) is 0.693. The Morgan fingerprint density at radius 1 is 1.07 bits per heavy atom. The molecule has 0 unspecified atom stereocenters. The molecule has 2 rings (SSSR count). The smallest absolute Gasteiger partial charge is 0.430 e. The van der Waals surface area contributed by atoms with Crippen molar-refractivity contribution in [1.29, 1.82) is 0 Å². The Morgan fingerprint density at radius 2 is 1.64 bits per heavy atom. The Hall–Kier alpha value is -2.22. The lowest BCUT2D eigenvalue weighted by Gasteiger charge is -2.42. The van der Waals surface area contributed by atoms with Crippen LogP contribution in [-0.2, 0) is 9.47 Å². The molecular weight excluding hydrogens is 380 g/mol. The van der Waals surface area contributed by atoms with E-state index in [4.69, 9.17) is 9.47 Å². The number of ketones is 1. The van der Waals surface area contributed by atoms with Crippen molar-refractivity contribution in [3.63, 3.8) is 0 Å². The molecule has 0 fully saturated rings. The van der Waals surface area contributed by atoms with E-state index in [-0.39, 0.29) is 11.5 Å². The molecule has 154 valence electrons. The predicted octanol–water partition coefficient (Wildman–Crippen LogP) is 4.41. The van der Waals surface area contributed by atoms with Crippen molar-refractivity contribution in [2.45, 2.75) is 70.1 Å². The van der Waals surface area contributed by atoms with Crippen LogP contribution in [-0.4, -0.2) is 45.5 Å². The van der Waals surface area contributed by atoms with Crippen LogP contribution in [0.1, 0.15) is 58.8 Å². The Morgan fingerprint density at radius 3 is 2.21 bits per heavy atom. The second-order valence-corrected chi connectivity index (χ2v) is 9.83. The standard InChI is InChI=1S/C20H28N2O5S/c1-18(2,3)26-16(24)21-22(17(25)27-19(4,5)6)20(7)12-28-14-11-9-8-10-13(14)15(20)23/h8-11H,12H2,1-7H3,(H,21,24)/t20-/m0/s1. The molecule has 1 aromatic rings. The number of nitrogens with one attached hydrogen (secondary N) is 1. The highest BCUT2D eigenvalue weighted by Gasteiger charge is 2.48. The lowest BCUT2D eigenvalue weighted by atomic mass is 9.91. The largest absolute Gasteiger partial charge is 0.443 e. The van der Waals surface area contributed by atoms with Crippen LogP contribution in [0.5, 0.6) is 0 Å². The third-order valence-electron chi connectivity index (χ3n) is 3.80. The molecule has 2 amide bonds. The number of Topliss-reactive ketones (excluding diaryl/α,β-unsaturated/α-hetero) is 1. The fraction of sp³-hybridized carbons (Fsp3) is 0.550. The highest BCUT2D eigenvalue weighted by Crippen LogP contribution is 2.38. The van der Waals surface area contributed by atoms with Gasteiger partial charge in [-0.2, -0.15) is 0 Å². The van der Waals surface area contributed by atoms with Gasteiger partial charge in [0.1, 0.15) is 16.7 Å². The van der Waals surface area contributed by atoms with E-state index in [0.717, 1.165) is 9.90 Å². The topological polar surface area (TPSA) is 84.9 Å². The van der Waals surface area contributed by atoms with Crippen molar-refractivity contribution in [3.05, 3.63) is 29.8 Å². The SMILES string of the molecule is CC(C)(C)OC(=O)NN(C(=O)OC(C)(C)C)[C@@]1(C)CSc2ccccc2C1=O. The van der Waals surface area contributed by atoms with E-state index < -0.39 is 28.9 Å². The molecule has 1 aliphatic heterocycles. The van der Waals surface area contributed by atoms with E-state index in [0.29, 0.717) is 5.56 Å².